The third-order valence-electron chi connectivity index (χ3n) is 3.18. The van der Waals surface area contributed by atoms with Gasteiger partial charge >= 0.3 is 0 Å². The van der Waals surface area contributed by atoms with E-state index in [1.54, 1.807) is 0 Å². The summed E-state index contributed by atoms with van der Waals surface area (Å²) in [5.41, 5.74) is 2.20. The zero-order chi connectivity index (χ0) is 14.4. The van der Waals surface area contributed by atoms with Gasteiger partial charge in [0, 0.05) is 31.6 Å². The number of aromatic nitrogens is 1. The van der Waals surface area contributed by atoms with Crippen LogP contribution in [0, 0.1) is 6.92 Å². The lowest BCUT2D eigenvalue weighted by Crippen LogP contribution is -2.26. The monoisotopic (exact) mass is 292 g/mol. The van der Waals surface area contributed by atoms with Gasteiger partial charge in [-0.1, -0.05) is 17.3 Å². The van der Waals surface area contributed by atoms with Crippen LogP contribution in [0.2, 0.25) is 0 Å². The van der Waals surface area contributed by atoms with Crippen molar-refractivity contribution in [2.24, 2.45) is 0 Å². The molecule has 0 saturated heterocycles. The molecule has 0 aliphatic rings. The van der Waals surface area contributed by atoms with Crippen LogP contribution >= 0.6 is 12.9 Å². The predicted molar refractivity (Wildman–Crippen MR) is 81.9 cm³/mol. The van der Waals surface area contributed by atoms with Gasteiger partial charge in [0.1, 0.15) is 11.5 Å². The van der Waals surface area contributed by atoms with E-state index in [2.05, 4.69) is 36.4 Å². The summed E-state index contributed by atoms with van der Waals surface area (Å²) in [5.74, 6) is 1.63. The second kappa shape index (κ2) is 7.36. The fraction of sp³-hybridized carbons (Fsp3) is 0.400. The average Bonchev–Trinajstić information content (AvgIpc) is 2.89. The summed E-state index contributed by atoms with van der Waals surface area (Å²) < 4.78 is 9.97. The van der Waals surface area contributed by atoms with Crippen LogP contribution in [0.4, 0.5) is 0 Å². The first-order chi connectivity index (χ1) is 9.67. The molecule has 2 aromatic rings. The molecule has 1 aromatic heterocycles. The summed E-state index contributed by atoms with van der Waals surface area (Å²) in [6, 6.07) is 10.4. The second-order valence-corrected chi connectivity index (χ2v) is 5.17. The molecule has 1 N–H and O–H groups in total. The molecule has 0 amide bonds. The Hall–Kier alpha value is -1.46. The Morgan fingerprint density at radius 1 is 1.40 bits per heavy atom. The van der Waals surface area contributed by atoms with Crippen LogP contribution in [0.15, 0.2) is 34.9 Å². The Kier molecular flexibility index (Phi) is 5.49. The lowest BCUT2D eigenvalue weighted by Gasteiger charge is -2.12. The van der Waals surface area contributed by atoms with Crippen molar-refractivity contribution in [3.63, 3.8) is 0 Å². The minimum atomic E-state index is 0.410. The van der Waals surface area contributed by atoms with E-state index in [0.717, 1.165) is 36.6 Å². The second-order valence-electron chi connectivity index (χ2n) is 4.99. The summed E-state index contributed by atoms with van der Waals surface area (Å²) in [6.07, 6.45) is 2.05. The molecule has 20 heavy (non-hydrogen) atoms. The highest BCUT2D eigenvalue weighted by atomic mass is 32.1. The predicted octanol–water partition coefficient (Wildman–Crippen LogP) is 3.32. The van der Waals surface area contributed by atoms with Crippen LogP contribution in [0.1, 0.15) is 30.4 Å². The highest BCUT2D eigenvalue weighted by molar-refractivity contribution is 7.75. The number of rotatable bonds is 7. The zero-order valence-corrected chi connectivity index (χ0v) is 12.7. The van der Waals surface area contributed by atoms with Crippen LogP contribution in [0.25, 0.3) is 0 Å². The molecule has 1 unspecified atom stereocenters. The van der Waals surface area contributed by atoms with E-state index < -0.39 is 0 Å². The fourth-order valence-electron chi connectivity index (χ4n) is 2.02. The van der Waals surface area contributed by atoms with Gasteiger partial charge in [0.2, 0.25) is 0 Å². The number of nitrogens with one attached hydrogen (secondary N) is 1. The van der Waals surface area contributed by atoms with Gasteiger partial charge in [-0.25, -0.2) is 0 Å². The van der Waals surface area contributed by atoms with Crippen LogP contribution in [-0.4, -0.2) is 11.2 Å². The number of hydrogen-bond donors (Lipinski definition) is 2. The van der Waals surface area contributed by atoms with Crippen molar-refractivity contribution in [2.45, 2.75) is 39.3 Å². The van der Waals surface area contributed by atoms with Crippen molar-refractivity contribution in [3.8, 4) is 5.75 Å². The molecule has 0 fully saturated rings. The van der Waals surface area contributed by atoms with Crippen molar-refractivity contribution < 1.29 is 8.71 Å². The van der Waals surface area contributed by atoms with E-state index in [1.165, 1.54) is 5.56 Å². The van der Waals surface area contributed by atoms with Crippen molar-refractivity contribution in [1.82, 2.24) is 10.5 Å². The number of aryl methyl sites for hydroxylation is 2. The number of hydrogen-bond acceptors (Lipinski definition) is 5. The topological polar surface area (TPSA) is 47.3 Å². The number of thiol groups is 1. The molecule has 4 nitrogen and oxygen atoms in total. The smallest absolute Gasteiger partial charge is 0.137 e. The highest BCUT2D eigenvalue weighted by Gasteiger charge is 2.05. The van der Waals surface area contributed by atoms with E-state index in [0.29, 0.717) is 6.04 Å². The number of benzene rings is 1. The Bertz CT molecular complexity index is 542. The molecule has 0 aliphatic heterocycles. The van der Waals surface area contributed by atoms with Gasteiger partial charge in [0.25, 0.3) is 0 Å². The van der Waals surface area contributed by atoms with Gasteiger partial charge in [0.15, 0.2) is 0 Å². The molecule has 1 aromatic carbocycles. The fourth-order valence-corrected chi connectivity index (χ4v) is 2.14. The summed E-state index contributed by atoms with van der Waals surface area (Å²) in [4.78, 5) is 0. The molecule has 0 aliphatic carbocycles. The first-order valence-electron chi connectivity index (χ1n) is 6.73. The van der Waals surface area contributed by atoms with Crippen molar-refractivity contribution in [3.05, 3.63) is 47.3 Å². The molecule has 108 valence electrons. The Labute approximate surface area is 125 Å². The largest absolute Gasteiger partial charge is 0.429 e. The summed E-state index contributed by atoms with van der Waals surface area (Å²) in [7, 11) is 0. The molecular formula is C15H20N2O2S. The third-order valence-corrected chi connectivity index (χ3v) is 3.39. The minimum Gasteiger partial charge on any atom is -0.429 e. The first-order valence-corrected chi connectivity index (χ1v) is 7.10. The number of nitrogens with zero attached hydrogens (tertiary/aromatic N) is 1. The van der Waals surface area contributed by atoms with E-state index in [-0.39, 0.29) is 0 Å². The Morgan fingerprint density at radius 2 is 2.25 bits per heavy atom. The first kappa shape index (κ1) is 14.9. The lowest BCUT2D eigenvalue weighted by atomic mass is 10.1. The maximum absolute atomic E-state index is 5.04. The van der Waals surface area contributed by atoms with Gasteiger partial charge in [-0.2, -0.15) is 0 Å². The molecule has 0 saturated carbocycles. The van der Waals surface area contributed by atoms with E-state index in [9.17, 15) is 0 Å². The normalized spacial score (nSPS) is 12.3. The van der Waals surface area contributed by atoms with E-state index >= 15 is 0 Å². The molecule has 0 spiro atoms. The zero-order valence-electron chi connectivity index (χ0n) is 11.8. The molecule has 5 heteroatoms. The Morgan fingerprint density at radius 3 is 2.95 bits per heavy atom. The van der Waals surface area contributed by atoms with Gasteiger partial charge in [-0.15, -0.1) is 0 Å². The summed E-state index contributed by atoms with van der Waals surface area (Å²) >= 11 is 3.81. The lowest BCUT2D eigenvalue weighted by molar-refractivity contribution is 0.385. The average molecular weight is 292 g/mol. The van der Waals surface area contributed by atoms with Crippen molar-refractivity contribution >= 4 is 12.9 Å². The molecule has 0 radical (unpaired) electrons. The molecule has 1 atom stereocenters. The molecule has 0 bridgehead atoms. The van der Waals surface area contributed by atoms with Crippen LogP contribution in [0.5, 0.6) is 5.75 Å². The maximum atomic E-state index is 5.04. The SMILES string of the molecule is Cc1cc(CNC(C)CCc2cccc(OS)c2)no1. The summed E-state index contributed by atoms with van der Waals surface area (Å²) in [6.45, 7) is 4.81. The highest BCUT2D eigenvalue weighted by Crippen LogP contribution is 2.16. The third kappa shape index (κ3) is 4.58. The van der Waals surface area contributed by atoms with Gasteiger partial charge in [0.05, 0.1) is 5.69 Å². The van der Waals surface area contributed by atoms with E-state index in [1.807, 2.05) is 31.2 Å². The Balaban J connectivity index is 1.75. The maximum Gasteiger partial charge on any atom is 0.137 e. The van der Waals surface area contributed by atoms with Crippen LogP contribution in [0.3, 0.4) is 0 Å². The van der Waals surface area contributed by atoms with Gasteiger partial charge in [-0.05, 0) is 44.4 Å². The van der Waals surface area contributed by atoms with Crippen LogP contribution in [-0.2, 0) is 13.0 Å². The van der Waals surface area contributed by atoms with Crippen LogP contribution < -0.4 is 9.50 Å². The molecular weight excluding hydrogens is 272 g/mol. The van der Waals surface area contributed by atoms with E-state index in [4.69, 9.17) is 8.71 Å². The quantitative estimate of drug-likeness (QED) is 0.607. The molecule has 1 heterocycles. The van der Waals surface area contributed by atoms with Crippen molar-refractivity contribution in [2.75, 3.05) is 0 Å². The van der Waals surface area contributed by atoms with Crippen molar-refractivity contribution in [1.29, 1.82) is 0 Å². The minimum absolute atomic E-state index is 0.410. The summed E-state index contributed by atoms with van der Waals surface area (Å²) in [5, 5.41) is 7.41. The van der Waals surface area contributed by atoms with Gasteiger partial charge < -0.3 is 14.0 Å². The van der Waals surface area contributed by atoms with Gasteiger partial charge in [-0.3, -0.25) is 0 Å². The molecule has 2 rings (SSSR count). The standard InChI is InChI=1S/C15H20N2O2S/c1-11(16-10-14-8-12(2)18-17-14)6-7-13-4-3-5-15(9-13)19-20/h3-5,8-9,11,16,20H,6-7,10H2,1-2H3.